The average Bonchev–Trinajstić information content (AvgIpc) is 3.32. The molecule has 0 saturated carbocycles. The fourth-order valence-electron chi connectivity index (χ4n) is 3.84. The van der Waals surface area contributed by atoms with Crippen molar-refractivity contribution >= 4 is 11.9 Å². The summed E-state index contributed by atoms with van der Waals surface area (Å²) in [6, 6.07) is 17.8. The highest BCUT2D eigenvalue weighted by atomic mass is 16.2. The van der Waals surface area contributed by atoms with Crippen molar-refractivity contribution in [3.05, 3.63) is 78.1 Å². The van der Waals surface area contributed by atoms with E-state index in [0.29, 0.717) is 44.8 Å². The summed E-state index contributed by atoms with van der Waals surface area (Å²) in [6.45, 7) is 5.37. The minimum absolute atomic E-state index is 0.00627. The van der Waals surface area contributed by atoms with Crippen LogP contribution in [0.1, 0.15) is 22.8 Å². The number of carbonyl (C=O) groups is 2. The van der Waals surface area contributed by atoms with Crippen molar-refractivity contribution in [3.63, 3.8) is 0 Å². The molecule has 1 aromatic heterocycles. The molecule has 0 spiro atoms. The number of aromatic nitrogens is 2. The second-order valence-electron chi connectivity index (χ2n) is 7.56. The summed E-state index contributed by atoms with van der Waals surface area (Å²) in [4.78, 5) is 28.9. The fraction of sp³-hybridized carbons (Fsp3) is 0.292. The minimum atomic E-state index is -0.0646. The summed E-state index contributed by atoms with van der Waals surface area (Å²) in [6.07, 6.45) is 3.71. The van der Waals surface area contributed by atoms with Crippen LogP contribution in [0.15, 0.2) is 67.0 Å². The van der Waals surface area contributed by atoms with Gasteiger partial charge in [-0.05, 0) is 35.7 Å². The van der Waals surface area contributed by atoms with Crippen LogP contribution in [-0.2, 0) is 6.54 Å². The van der Waals surface area contributed by atoms with Crippen molar-refractivity contribution in [3.8, 4) is 11.1 Å². The number of nitrogens with one attached hydrogen (secondary N) is 1. The van der Waals surface area contributed by atoms with Gasteiger partial charge in [0.1, 0.15) is 0 Å². The van der Waals surface area contributed by atoms with E-state index in [1.165, 1.54) is 0 Å². The van der Waals surface area contributed by atoms with Crippen molar-refractivity contribution in [1.29, 1.82) is 0 Å². The Morgan fingerprint density at radius 1 is 0.935 bits per heavy atom. The van der Waals surface area contributed by atoms with E-state index in [1.807, 2.05) is 53.0 Å². The molecule has 1 aliphatic rings. The number of nitrogens with zero attached hydrogens (tertiary/aromatic N) is 4. The molecule has 1 saturated heterocycles. The van der Waals surface area contributed by atoms with Gasteiger partial charge in [-0.1, -0.05) is 42.5 Å². The van der Waals surface area contributed by atoms with Gasteiger partial charge in [0.2, 0.25) is 0 Å². The first-order valence-corrected chi connectivity index (χ1v) is 10.6. The zero-order valence-corrected chi connectivity index (χ0v) is 17.7. The molecule has 3 aromatic rings. The van der Waals surface area contributed by atoms with E-state index in [0.717, 1.165) is 16.7 Å². The number of piperazine rings is 1. The van der Waals surface area contributed by atoms with Crippen LogP contribution in [0.4, 0.5) is 4.79 Å². The Bertz CT molecular complexity index is 1020. The second kappa shape index (κ2) is 9.47. The van der Waals surface area contributed by atoms with Crippen molar-refractivity contribution in [2.45, 2.75) is 13.5 Å². The predicted molar refractivity (Wildman–Crippen MR) is 120 cm³/mol. The lowest BCUT2D eigenvalue weighted by atomic mass is 9.97. The highest BCUT2D eigenvalue weighted by Gasteiger charge is 2.26. The first kappa shape index (κ1) is 20.7. The van der Waals surface area contributed by atoms with Crippen molar-refractivity contribution in [2.24, 2.45) is 0 Å². The van der Waals surface area contributed by atoms with Crippen LogP contribution in [0.25, 0.3) is 11.1 Å². The number of rotatable bonds is 5. The largest absolute Gasteiger partial charge is 0.338 e. The molecule has 3 amide bonds. The molecule has 7 nitrogen and oxygen atoms in total. The van der Waals surface area contributed by atoms with Gasteiger partial charge in [0.15, 0.2) is 0 Å². The Hall–Kier alpha value is -3.61. The van der Waals surface area contributed by atoms with Gasteiger partial charge in [0.25, 0.3) is 5.91 Å². The maximum atomic E-state index is 13.3. The summed E-state index contributed by atoms with van der Waals surface area (Å²) in [5.41, 5.74) is 3.77. The standard InChI is InChI=1S/C24H27N5O2/c1-2-25-24(31)28-16-14-27(15-17-28)23(30)22-7-4-3-6-21(22)20-10-8-19(9-11-20)18-29-13-5-12-26-29/h3-13H,2,14-18H2,1H3,(H,25,31). The van der Waals surface area contributed by atoms with E-state index < -0.39 is 0 Å². The van der Waals surface area contributed by atoms with E-state index in [4.69, 9.17) is 0 Å². The van der Waals surface area contributed by atoms with E-state index >= 15 is 0 Å². The summed E-state index contributed by atoms with van der Waals surface area (Å²) in [5.74, 6) is 0.00627. The third-order valence-corrected chi connectivity index (χ3v) is 5.51. The van der Waals surface area contributed by atoms with Crippen LogP contribution >= 0.6 is 0 Å². The second-order valence-corrected chi connectivity index (χ2v) is 7.56. The van der Waals surface area contributed by atoms with Crippen LogP contribution < -0.4 is 5.32 Å². The van der Waals surface area contributed by atoms with Crippen molar-refractivity contribution < 1.29 is 9.59 Å². The SMILES string of the molecule is CCNC(=O)N1CCN(C(=O)c2ccccc2-c2ccc(Cn3cccn3)cc2)CC1. The Balaban J connectivity index is 1.47. The monoisotopic (exact) mass is 417 g/mol. The van der Waals surface area contributed by atoms with Gasteiger partial charge in [-0.3, -0.25) is 9.48 Å². The zero-order chi connectivity index (χ0) is 21.6. The first-order chi connectivity index (χ1) is 15.2. The van der Waals surface area contributed by atoms with E-state index in [2.05, 4.69) is 34.7 Å². The Labute approximate surface area is 182 Å². The predicted octanol–water partition coefficient (Wildman–Crippen LogP) is 3.09. The molecule has 0 bridgehead atoms. The van der Waals surface area contributed by atoms with Gasteiger partial charge in [-0.25, -0.2) is 4.79 Å². The van der Waals surface area contributed by atoms with Crippen LogP contribution in [0.2, 0.25) is 0 Å². The topological polar surface area (TPSA) is 70.5 Å². The molecule has 2 aromatic carbocycles. The van der Waals surface area contributed by atoms with Crippen LogP contribution in [0, 0.1) is 0 Å². The molecular formula is C24H27N5O2. The van der Waals surface area contributed by atoms with Crippen LogP contribution in [0.3, 0.4) is 0 Å². The highest BCUT2D eigenvalue weighted by molar-refractivity contribution is 6.01. The summed E-state index contributed by atoms with van der Waals surface area (Å²) in [5, 5.41) is 7.06. The number of amides is 3. The molecule has 2 heterocycles. The first-order valence-electron chi connectivity index (χ1n) is 10.6. The van der Waals surface area contributed by atoms with Crippen LogP contribution in [0.5, 0.6) is 0 Å². The number of hydrogen-bond donors (Lipinski definition) is 1. The lowest BCUT2D eigenvalue weighted by molar-refractivity contribution is 0.0666. The minimum Gasteiger partial charge on any atom is -0.338 e. The zero-order valence-electron chi connectivity index (χ0n) is 17.7. The maximum absolute atomic E-state index is 13.3. The average molecular weight is 418 g/mol. The van der Waals surface area contributed by atoms with Gasteiger partial charge in [0.05, 0.1) is 6.54 Å². The molecule has 1 N–H and O–H groups in total. The molecule has 0 radical (unpaired) electrons. The van der Waals surface area contributed by atoms with Crippen molar-refractivity contribution in [1.82, 2.24) is 24.9 Å². The molecule has 7 heteroatoms. The van der Waals surface area contributed by atoms with Gasteiger partial charge < -0.3 is 15.1 Å². The smallest absolute Gasteiger partial charge is 0.317 e. The number of urea groups is 1. The normalized spacial score (nSPS) is 13.8. The molecule has 0 aliphatic carbocycles. The number of carbonyl (C=O) groups excluding carboxylic acids is 2. The molecule has 1 aliphatic heterocycles. The van der Waals surface area contributed by atoms with E-state index in [9.17, 15) is 9.59 Å². The third kappa shape index (κ3) is 4.77. The third-order valence-electron chi connectivity index (χ3n) is 5.51. The highest BCUT2D eigenvalue weighted by Crippen LogP contribution is 2.26. The van der Waals surface area contributed by atoms with Gasteiger partial charge in [-0.2, -0.15) is 5.10 Å². The van der Waals surface area contributed by atoms with Gasteiger partial charge >= 0.3 is 6.03 Å². The molecular weight excluding hydrogens is 390 g/mol. The van der Waals surface area contributed by atoms with E-state index in [-0.39, 0.29) is 11.9 Å². The van der Waals surface area contributed by atoms with Crippen molar-refractivity contribution in [2.75, 3.05) is 32.7 Å². The van der Waals surface area contributed by atoms with Crippen LogP contribution in [-0.4, -0.2) is 64.2 Å². The number of benzene rings is 2. The number of hydrogen-bond acceptors (Lipinski definition) is 3. The quantitative estimate of drug-likeness (QED) is 0.694. The van der Waals surface area contributed by atoms with Gasteiger partial charge in [0, 0.05) is 50.7 Å². The molecule has 4 rings (SSSR count). The Morgan fingerprint density at radius 2 is 1.65 bits per heavy atom. The Kier molecular flexibility index (Phi) is 6.31. The van der Waals surface area contributed by atoms with E-state index in [1.54, 1.807) is 11.1 Å². The fourth-order valence-corrected chi connectivity index (χ4v) is 3.84. The molecule has 31 heavy (non-hydrogen) atoms. The Morgan fingerprint density at radius 3 is 2.32 bits per heavy atom. The lowest BCUT2D eigenvalue weighted by Gasteiger charge is -2.35. The maximum Gasteiger partial charge on any atom is 0.317 e. The van der Waals surface area contributed by atoms with Gasteiger partial charge in [-0.15, -0.1) is 0 Å². The molecule has 1 fully saturated rings. The summed E-state index contributed by atoms with van der Waals surface area (Å²) in [7, 11) is 0. The molecule has 160 valence electrons. The molecule has 0 atom stereocenters. The lowest BCUT2D eigenvalue weighted by Crippen LogP contribution is -2.53. The molecule has 0 unspecified atom stereocenters. The summed E-state index contributed by atoms with van der Waals surface area (Å²) < 4.78 is 1.88. The summed E-state index contributed by atoms with van der Waals surface area (Å²) >= 11 is 0.